The lowest BCUT2D eigenvalue weighted by Gasteiger charge is -2.17. The van der Waals surface area contributed by atoms with E-state index in [0.29, 0.717) is 18.0 Å². The number of carbonyl (C=O) groups is 1. The summed E-state index contributed by atoms with van der Waals surface area (Å²) in [6.45, 7) is 0.407. The molecule has 152 valence electrons. The Hall–Kier alpha value is -3.07. The number of carbonyl (C=O) groups excluding carboxylic acids is 1. The molecule has 3 aromatic rings. The minimum absolute atomic E-state index is 0.0803. The van der Waals surface area contributed by atoms with Gasteiger partial charge >= 0.3 is 0 Å². The summed E-state index contributed by atoms with van der Waals surface area (Å²) in [5.74, 6) is 0.864. The number of nitrogens with zero attached hydrogens (tertiary/aromatic N) is 3. The summed E-state index contributed by atoms with van der Waals surface area (Å²) in [6, 6.07) is 11.6. The lowest BCUT2D eigenvalue weighted by molar-refractivity contribution is -0.127. The molecule has 0 saturated heterocycles. The molecule has 0 fully saturated rings. The van der Waals surface area contributed by atoms with Crippen LogP contribution in [0.1, 0.15) is 5.56 Å². The van der Waals surface area contributed by atoms with Crippen molar-refractivity contribution in [2.24, 2.45) is 0 Å². The first kappa shape index (κ1) is 20.7. The van der Waals surface area contributed by atoms with Crippen LogP contribution in [0.25, 0.3) is 11.5 Å². The van der Waals surface area contributed by atoms with Crippen LogP contribution in [0.15, 0.2) is 52.1 Å². The van der Waals surface area contributed by atoms with Crippen molar-refractivity contribution < 1.29 is 23.1 Å². The van der Waals surface area contributed by atoms with Gasteiger partial charge in [-0.2, -0.15) is 0 Å². The van der Waals surface area contributed by atoms with E-state index < -0.39 is 5.82 Å². The van der Waals surface area contributed by atoms with Gasteiger partial charge in [0.25, 0.3) is 11.1 Å². The zero-order chi connectivity index (χ0) is 20.8. The number of halogens is 1. The van der Waals surface area contributed by atoms with Crippen LogP contribution in [-0.4, -0.2) is 48.0 Å². The van der Waals surface area contributed by atoms with Gasteiger partial charge in [0.1, 0.15) is 5.82 Å². The van der Waals surface area contributed by atoms with Gasteiger partial charge in [0.2, 0.25) is 5.91 Å². The summed E-state index contributed by atoms with van der Waals surface area (Å²) < 4.78 is 29.8. The second kappa shape index (κ2) is 9.42. The summed E-state index contributed by atoms with van der Waals surface area (Å²) in [7, 11) is 4.84. The van der Waals surface area contributed by atoms with Crippen molar-refractivity contribution in [1.29, 1.82) is 0 Å². The van der Waals surface area contributed by atoms with Gasteiger partial charge in [0.05, 0.1) is 25.5 Å². The standard InChI is InChI=1S/C20H20FN3O4S/c1-24(11-13-8-9-16(26-2)17(10-13)27-3)18(25)12-29-20-23-22-19(28-20)14-6-4-5-7-15(14)21/h4-10H,11-12H2,1-3H3. The third-order valence-corrected chi connectivity index (χ3v) is 4.93. The van der Waals surface area contributed by atoms with Gasteiger partial charge < -0.3 is 18.8 Å². The second-order valence-electron chi connectivity index (χ2n) is 6.08. The Morgan fingerprint density at radius 2 is 1.90 bits per heavy atom. The zero-order valence-corrected chi connectivity index (χ0v) is 17.0. The molecule has 0 atom stereocenters. The van der Waals surface area contributed by atoms with Crippen LogP contribution in [0.5, 0.6) is 11.5 Å². The van der Waals surface area contributed by atoms with E-state index >= 15 is 0 Å². The maximum Gasteiger partial charge on any atom is 0.277 e. The lowest BCUT2D eigenvalue weighted by atomic mass is 10.2. The van der Waals surface area contributed by atoms with E-state index in [1.807, 2.05) is 12.1 Å². The molecule has 0 spiro atoms. The molecule has 0 N–H and O–H groups in total. The maximum absolute atomic E-state index is 13.8. The van der Waals surface area contributed by atoms with Crippen LogP contribution in [0.3, 0.4) is 0 Å². The molecule has 3 rings (SSSR count). The van der Waals surface area contributed by atoms with Crippen molar-refractivity contribution in [3.8, 4) is 23.0 Å². The van der Waals surface area contributed by atoms with Crippen molar-refractivity contribution >= 4 is 17.7 Å². The average molecular weight is 417 g/mol. The third-order valence-electron chi connectivity index (χ3n) is 4.12. The van der Waals surface area contributed by atoms with Crippen molar-refractivity contribution in [2.45, 2.75) is 11.8 Å². The highest BCUT2D eigenvalue weighted by Gasteiger charge is 2.16. The maximum atomic E-state index is 13.8. The molecule has 1 heterocycles. The molecule has 7 nitrogen and oxygen atoms in total. The van der Waals surface area contributed by atoms with Crippen LogP contribution in [0.4, 0.5) is 4.39 Å². The number of amides is 1. The first-order valence-electron chi connectivity index (χ1n) is 8.68. The van der Waals surface area contributed by atoms with E-state index in [9.17, 15) is 9.18 Å². The molecule has 2 aromatic carbocycles. The van der Waals surface area contributed by atoms with E-state index in [1.165, 1.54) is 6.07 Å². The normalized spacial score (nSPS) is 10.6. The largest absolute Gasteiger partial charge is 0.493 e. The Labute approximate surface area is 171 Å². The molecule has 0 aliphatic heterocycles. The molecular weight excluding hydrogens is 397 g/mol. The lowest BCUT2D eigenvalue weighted by Crippen LogP contribution is -2.27. The Bertz CT molecular complexity index is 995. The van der Waals surface area contributed by atoms with Crippen LogP contribution in [-0.2, 0) is 11.3 Å². The number of aromatic nitrogens is 2. The van der Waals surface area contributed by atoms with Gasteiger partial charge in [0, 0.05) is 13.6 Å². The van der Waals surface area contributed by atoms with Gasteiger partial charge in [0.15, 0.2) is 11.5 Å². The SMILES string of the molecule is COc1ccc(CN(C)C(=O)CSc2nnc(-c3ccccc3F)o2)cc1OC. The fraction of sp³-hybridized carbons (Fsp3) is 0.250. The first-order chi connectivity index (χ1) is 14.0. The predicted octanol–water partition coefficient (Wildman–Crippen LogP) is 3.64. The van der Waals surface area contributed by atoms with Crippen LogP contribution < -0.4 is 9.47 Å². The number of methoxy groups -OCH3 is 2. The summed E-state index contributed by atoms with van der Waals surface area (Å²) in [6.07, 6.45) is 0. The predicted molar refractivity (Wildman–Crippen MR) is 106 cm³/mol. The molecule has 0 radical (unpaired) electrons. The smallest absolute Gasteiger partial charge is 0.277 e. The van der Waals surface area contributed by atoms with Gasteiger partial charge in [-0.1, -0.05) is 30.0 Å². The summed E-state index contributed by atoms with van der Waals surface area (Å²) in [5.41, 5.74) is 1.13. The Morgan fingerprint density at radius 3 is 2.62 bits per heavy atom. The summed E-state index contributed by atoms with van der Waals surface area (Å²) >= 11 is 1.10. The monoisotopic (exact) mass is 417 g/mol. The average Bonchev–Trinajstić information content (AvgIpc) is 3.20. The number of rotatable bonds is 8. The molecule has 0 unspecified atom stereocenters. The van der Waals surface area contributed by atoms with Crippen LogP contribution in [0.2, 0.25) is 0 Å². The van der Waals surface area contributed by atoms with Crippen LogP contribution in [0, 0.1) is 5.82 Å². The highest BCUT2D eigenvalue weighted by atomic mass is 32.2. The minimum Gasteiger partial charge on any atom is -0.493 e. The second-order valence-corrected chi connectivity index (χ2v) is 7.01. The molecule has 0 saturated carbocycles. The summed E-state index contributed by atoms with van der Waals surface area (Å²) in [5, 5.41) is 7.92. The zero-order valence-electron chi connectivity index (χ0n) is 16.2. The van der Waals surface area contributed by atoms with Crippen molar-refractivity contribution in [3.63, 3.8) is 0 Å². The van der Waals surface area contributed by atoms with Gasteiger partial charge in [-0.15, -0.1) is 10.2 Å². The molecular formula is C20H20FN3O4S. The molecule has 1 amide bonds. The molecule has 0 bridgehead atoms. The summed E-state index contributed by atoms with van der Waals surface area (Å²) in [4.78, 5) is 14.0. The fourth-order valence-electron chi connectivity index (χ4n) is 2.59. The number of thioether (sulfide) groups is 1. The third kappa shape index (κ3) is 5.05. The van der Waals surface area contributed by atoms with E-state index in [2.05, 4.69) is 10.2 Å². The first-order valence-corrected chi connectivity index (χ1v) is 9.66. The van der Waals surface area contributed by atoms with Gasteiger partial charge in [-0.25, -0.2) is 4.39 Å². The Balaban J connectivity index is 1.58. The number of benzene rings is 2. The minimum atomic E-state index is -0.446. The quantitative estimate of drug-likeness (QED) is 0.518. The fourth-order valence-corrected chi connectivity index (χ4v) is 3.29. The molecule has 1 aromatic heterocycles. The van der Waals surface area contributed by atoms with Gasteiger partial charge in [-0.05, 0) is 29.8 Å². The molecule has 9 heteroatoms. The molecule has 29 heavy (non-hydrogen) atoms. The Kier molecular flexibility index (Phi) is 6.71. The number of hydrogen-bond donors (Lipinski definition) is 0. The topological polar surface area (TPSA) is 77.7 Å². The van der Waals surface area contributed by atoms with Gasteiger partial charge in [-0.3, -0.25) is 4.79 Å². The number of ether oxygens (including phenoxy) is 2. The molecule has 0 aliphatic rings. The van der Waals surface area contributed by atoms with E-state index in [-0.39, 0.29) is 28.3 Å². The van der Waals surface area contributed by atoms with E-state index in [4.69, 9.17) is 13.9 Å². The molecule has 0 aliphatic carbocycles. The van der Waals surface area contributed by atoms with Crippen molar-refractivity contribution in [1.82, 2.24) is 15.1 Å². The van der Waals surface area contributed by atoms with E-state index in [0.717, 1.165) is 17.3 Å². The van der Waals surface area contributed by atoms with Crippen molar-refractivity contribution in [2.75, 3.05) is 27.0 Å². The Morgan fingerprint density at radius 1 is 1.14 bits per heavy atom. The van der Waals surface area contributed by atoms with Crippen molar-refractivity contribution in [3.05, 3.63) is 53.8 Å². The number of hydrogen-bond acceptors (Lipinski definition) is 7. The highest BCUT2D eigenvalue weighted by Crippen LogP contribution is 2.28. The van der Waals surface area contributed by atoms with Crippen LogP contribution >= 0.6 is 11.8 Å². The highest BCUT2D eigenvalue weighted by molar-refractivity contribution is 7.99. The van der Waals surface area contributed by atoms with E-state index in [1.54, 1.807) is 50.4 Å².